The van der Waals surface area contributed by atoms with Gasteiger partial charge in [-0.2, -0.15) is 0 Å². The molecule has 3 N–H and O–H groups in total. The van der Waals surface area contributed by atoms with Crippen molar-refractivity contribution in [1.29, 1.82) is 0 Å². The van der Waals surface area contributed by atoms with Crippen LogP contribution in [-0.4, -0.2) is 15.1 Å². The molecule has 4 heteroatoms. The molecule has 0 aliphatic heterocycles. The van der Waals surface area contributed by atoms with Gasteiger partial charge in [0, 0.05) is 30.0 Å². The largest absolute Gasteiger partial charge is 0.508 e. The maximum absolute atomic E-state index is 9.68. The Morgan fingerprint density at radius 3 is 2.95 bits per heavy atom. The molecule has 0 bridgehead atoms. The van der Waals surface area contributed by atoms with E-state index < -0.39 is 0 Å². The zero-order valence-electron chi connectivity index (χ0n) is 11.6. The standard InChI is InChI=1S/C16H17N3O/c1-10-7-15(20)11(2)6-14(10)18-8-12-9-19-16-13(12)4-3-5-17-16/h3-7,9,18,20H,8H2,1-2H3,(H,17,19). The molecule has 0 aliphatic carbocycles. The number of anilines is 1. The van der Waals surface area contributed by atoms with E-state index in [0.717, 1.165) is 34.4 Å². The SMILES string of the molecule is Cc1cc(NCc2c[nH]c3ncccc23)c(C)cc1O. The lowest BCUT2D eigenvalue weighted by Crippen LogP contribution is -2.01. The monoisotopic (exact) mass is 267 g/mol. The molecule has 0 aliphatic rings. The fourth-order valence-corrected chi connectivity index (χ4v) is 2.34. The molecular weight excluding hydrogens is 250 g/mol. The molecule has 3 aromatic rings. The molecular formula is C16H17N3O. The molecule has 102 valence electrons. The summed E-state index contributed by atoms with van der Waals surface area (Å²) in [4.78, 5) is 7.45. The number of fused-ring (bicyclic) bond motifs is 1. The summed E-state index contributed by atoms with van der Waals surface area (Å²) < 4.78 is 0. The van der Waals surface area contributed by atoms with Gasteiger partial charge in [0.25, 0.3) is 0 Å². The summed E-state index contributed by atoms with van der Waals surface area (Å²) in [5.74, 6) is 0.337. The highest BCUT2D eigenvalue weighted by atomic mass is 16.3. The average molecular weight is 267 g/mol. The van der Waals surface area contributed by atoms with Crippen LogP contribution in [0.25, 0.3) is 11.0 Å². The van der Waals surface area contributed by atoms with Crippen LogP contribution in [0.1, 0.15) is 16.7 Å². The number of rotatable bonds is 3. The predicted octanol–water partition coefficient (Wildman–Crippen LogP) is 3.50. The van der Waals surface area contributed by atoms with E-state index in [0.29, 0.717) is 5.75 Å². The zero-order chi connectivity index (χ0) is 14.1. The lowest BCUT2D eigenvalue weighted by Gasteiger charge is -2.11. The van der Waals surface area contributed by atoms with E-state index in [-0.39, 0.29) is 0 Å². The van der Waals surface area contributed by atoms with Crippen molar-refractivity contribution in [1.82, 2.24) is 9.97 Å². The summed E-state index contributed by atoms with van der Waals surface area (Å²) in [6.07, 6.45) is 3.76. The summed E-state index contributed by atoms with van der Waals surface area (Å²) in [6, 6.07) is 7.76. The van der Waals surface area contributed by atoms with Crippen LogP contribution in [0.4, 0.5) is 5.69 Å². The molecule has 0 fully saturated rings. The van der Waals surface area contributed by atoms with Crippen LogP contribution in [0.5, 0.6) is 5.75 Å². The number of benzene rings is 1. The van der Waals surface area contributed by atoms with Gasteiger partial charge in [-0.3, -0.25) is 0 Å². The van der Waals surface area contributed by atoms with E-state index in [2.05, 4.69) is 21.4 Å². The second-order valence-electron chi connectivity index (χ2n) is 5.02. The van der Waals surface area contributed by atoms with E-state index in [1.165, 1.54) is 5.56 Å². The van der Waals surface area contributed by atoms with E-state index in [4.69, 9.17) is 0 Å². The normalized spacial score (nSPS) is 10.9. The summed E-state index contributed by atoms with van der Waals surface area (Å²) in [7, 11) is 0. The quantitative estimate of drug-likeness (QED) is 0.636. The maximum Gasteiger partial charge on any atom is 0.137 e. The van der Waals surface area contributed by atoms with Crippen molar-refractivity contribution in [3.05, 3.63) is 53.3 Å². The minimum absolute atomic E-state index is 0.337. The highest BCUT2D eigenvalue weighted by Gasteiger charge is 2.06. The van der Waals surface area contributed by atoms with E-state index in [1.54, 1.807) is 12.3 Å². The van der Waals surface area contributed by atoms with Gasteiger partial charge >= 0.3 is 0 Å². The number of phenolic OH excluding ortho intramolecular Hbond substituents is 1. The summed E-state index contributed by atoms with van der Waals surface area (Å²) in [6.45, 7) is 4.60. The lowest BCUT2D eigenvalue weighted by molar-refractivity contribution is 0.471. The Morgan fingerprint density at radius 2 is 2.10 bits per heavy atom. The fraction of sp³-hybridized carbons (Fsp3) is 0.188. The Hall–Kier alpha value is -2.49. The molecule has 4 nitrogen and oxygen atoms in total. The van der Waals surface area contributed by atoms with E-state index in [1.807, 2.05) is 32.2 Å². The number of aromatic amines is 1. The topological polar surface area (TPSA) is 60.9 Å². The van der Waals surface area contributed by atoms with Crippen LogP contribution < -0.4 is 5.32 Å². The van der Waals surface area contributed by atoms with Crippen LogP contribution in [0.3, 0.4) is 0 Å². The van der Waals surface area contributed by atoms with Gasteiger partial charge in [0.2, 0.25) is 0 Å². The Balaban J connectivity index is 1.85. The van der Waals surface area contributed by atoms with Gasteiger partial charge in [0.05, 0.1) is 0 Å². The third kappa shape index (κ3) is 2.20. The second-order valence-corrected chi connectivity index (χ2v) is 5.02. The first kappa shape index (κ1) is 12.5. The van der Waals surface area contributed by atoms with Crippen molar-refractivity contribution in [2.24, 2.45) is 0 Å². The number of aromatic hydroxyl groups is 1. The predicted molar refractivity (Wildman–Crippen MR) is 81.0 cm³/mol. The molecule has 0 saturated heterocycles. The number of pyridine rings is 1. The van der Waals surface area contributed by atoms with Crippen LogP contribution in [0, 0.1) is 13.8 Å². The number of aryl methyl sites for hydroxylation is 2. The van der Waals surface area contributed by atoms with Crippen LogP contribution >= 0.6 is 0 Å². The third-order valence-electron chi connectivity index (χ3n) is 3.55. The second kappa shape index (κ2) is 4.89. The van der Waals surface area contributed by atoms with Gasteiger partial charge < -0.3 is 15.4 Å². The Labute approximate surface area is 117 Å². The molecule has 0 saturated carbocycles. The first-order chi connectivity index (χ1) is 9.65. The number of hydrogen-bond acceptors (Lipinski definition) is 3. The number of nitrogens with one attached hydrogen (secondary N) is 2. The van der Waals surface area contributed by atoms with Gasteiger partial charge in [-0.25, -0.2) is 4.98 Å². The van der Waals surface area contributed by atoms with Crippen LogP contribution in [0.2, 0.25) is 0 Å². The van der Waals surface area contributed by atoms with Crippen molar-refractivity contribution in [2.75, 3.05) is 5.32 Å². The van der Waals surface area contributed by atoms with Crippen molar-refractivity contribution in [3.8, 4) is 5.75 Å². The molecule has 20 heavy (non-hydrogen) atoms. The zero-order valence-corrected chi connectivity index (χ0v) is 11.6. The number of H-pyrrole nitrogens is 1. The average Bonchev–Trinajstić information content (AvgIpc) is 2.85. The van der Waals surface area contributed by atoms with Crippen LogP contribution in [0.15, 0.2) is 36.7 Å². The molecule has 3 rings (SSSR count). The van der Waals surface area contributed by atoms with Crippen molar-refractivity contribution in [3.63, 3.8) is 0 Å². The minimum Gasteiger partial charge on any atom is -0.508 e. The Kier molecular flexibility index (Phi) is 3.06. The Morgan fingerprint density at radius 1 is 1.25 bits per heavy atom. The first-order valence-corrected chi connectivity index (χ1v) is 6.60. The molecule has 0 radical (unpaired) electrons. The highest BCUT2D eigenvalue weighted by Crippen LogP contribution is 2.26. The number of phenols is 1. The van der Waals surface area contributed by atoms with Crippen molar-refractivity contribution < 1.29 is 5.11 Å². The van der Waals surface area contributed by atoms with E-state index >= 15 is 0 Å². The van der Waals surface area contributed by atoms with Crippen molar-refractivity contribution >= 4 is 16.7 Å². The molecule has 2 heterocycles. The van der Waals surface area contributed by atoms with Gasteiger partial charge in [0.15, 0.2) is 0 Å². The van der Waals surface area contributed by atoms with Gasteiger partial charge in [-0.15, -0.1) is 0 Å². The van der Waals surface area contributed by atoms with Crippen molar-refractivity contribution in [2.45, 2.75) is 20.4 Å². The lowest BCUT2D eigenvalue weighted by atomic mass is 10.1. The molecule has 0 amide bonds. The number of nitrogens with zero attached hydrogens (tertiary/aromatic N) is 1. The molecule has 1 aromatic carbocycles. The number of hydrogen-bond donors (Lipinski definition) is 3. The molecule has 0 unspecified atom stereocenters. The fourth-order valence-electron chi connectivity index (χ4n) is 2.34. The minimum atomic E-state index is 0.337. The summed E-state index contributed by atoms with van der Waals surface area (Å²) in [5.41, 5.74) is 5.03. The number of aromatic nitrogens is 2. The molecule has 2 aromatic heterocycles. The summed E-state index contributed by atoms with van der Waals surface area (Å²) in [5, 5.41) is 14.2. The smallest absolute Gasteiger partial charge is 0.137 e. The van der Waals surface area contributed by atoms with E-state index in [9.17, 15) is 5.11 Å². The molecule has 0 atom stereocenters. The van der Waals surface area contributed by atoms with Crippen LogP contribution in [-0.2, 0) is 6.54 Å². The maximum atomic E-state index is 9.68. The molecule has 0 spiro atoms. The Bertz CT molecular complexity index is 762. The van der Waals surface area contributed by atoms with Gasteiger partial charge in [-0.05, 0) is 54.8 Å². The third-order valence-corrected chi connectivity index (χ3v) is 3.55. The van der Waals surface area contributed by atoms with Gasteiger partial charge in [-0.1, -0.05) is 0 Å². The summed E-state index contributed by atoms with van der Waals surface area (Å²) >= 11 is 0. The van der Waals surface area contributed by atoms with Gasteiger partial charge in [0.1, 0.15) is 11.4 Å². The highest BCUT2D eigenvalue weighted by molar-refractivity contribution is 5.79. The first-order valence-electron chi connectivity index (χ1n) is 6.60.